The Labute approximate surface area is 146 Å². The molecule has 0 aromatic heterocycles. The number of methoxy groups -OCH3 is 1. The van der Waals surface area contributed by atoms with E-state index in [1.54, 1.807) is 14.2 Å². The first-order chi connectivity index (χ1) is 11.6. The number of likely N-dealkylation sites (tertiary alicyclic amines) is 1. The van der Waals surface area contributed by atoms with Crippen molar-refractivity contribution in [3.63, 3.8) is 0 Å². The van der Waals surface area contributed by atoms with Crippen LogP contribution in [0.3, 0.4) is 0 Å². The Bertz CT molecular complexity index is 390. The van der Waals surface area contributed by atoms with E-state index in [-0.39, 0.29) is 11.9 Å². The lowest BCUT2D eigenvalue weighted by atomic mass is 10.1. The summed E-state index contributed by atoms with van der Waals surface area (Å²) >= 11 is 0. The number of guanidine groups is 1. The first-order valence-corrected chi connectivity index (χ1v) is 8.92. The summed E-state index contributed by atoms with van der Waals surface area (Å²) in [5.74, 6) is 1.47. The number of rotatable bonds is 10. The molecule has 1 rings (SSSR count). The maximum Gasteiger partial charge on any atom is 0.221 e. The van der Waals surface area contributed by atoms with Gasteiger partial charge in [0, 0.05) is 52.2 Å². The zero-order valence-electron chi connectivity index (χ0n) is 15.6. The Morgan fingerprint density at radius 1 is 1.42 bits per heavy atom. The normalized spacial score (nSPS) is 19.4. The minimum absolute atomic E-state index is 0.0816. The average Bonchev–Trinajstić information content (AvgIpc) is 3.04. The van der Waals surface area contributed by atoms with Crippen LogP contribution in [0, 0.1) is 5.92 Å². The second-order valence-corrected chi connectivity index (χ2v) is 6.27. The molecule has 2 N–H and O–H groups in total. The number of carbonyl (C=O) groups excluding carboxylic acids is 1. The molecule has 140 valence electrons. The van der Waals surface area contributed by atoms with Gasteiger partial charge in [0.1, 0.15) is 0 Å². The topological polar surface area (TPSA) is 75.2 Å². The van der Waals surface area contributed by atoms with Crippen LogP contribution in [0.2, 0.25) is 0 Å². The molecule has 1 amide bonds. The Hall–Kier alpha value is -1.34. The summed E-state index contributed by atoms with van der Waals surface area (Å²) < 4.78 is 10.6. The predicted octanol–water partition coefficient (Wildman–Crippen LogP) is 0.852. The van der Waals surface area contributed by atoms with Crippen LogP contribution in [0.15, 0.2) is 4.99 Å². The van der Waals surface area contributed by atoms with Gasteiger partial charge in [-0.3, -0.25) is 9.79 Å². The van der Waals surface area contributed by atoms with Gasteiger partial charge in [0.05, 0.1) is 19.8 Å². The summed E-state index contributed by atoms with van der Waals surface area (Å²) in [6, 6.07) is 0.231. The van der Waals surface area contributed by atoms with Gasteiger partial charge in [-0.1, -0.05) is 6.92 Å². The summed E-state index contributed by atoms with van der Waals surface area (Å²) in [5.41, 5.74) is 0. The van der Waals surface area contributed by atoms with Crippen molar-refractivity contribution in [1.29, 1.82) is 0 Å². The Balaban J connectivity index is 2.24. The molecule has 0 bridgehead atoms. The van der Waals surface area contributed by atoms with E-state index in [9.17, 15) is 4.79 Å². The third-order valence-corrected chi connectivity index (χ3v) is 4.24. The molecule has 1 saturated heterocycles. The van der Waals surface area contributed by atoms with E-state index in [2.05, 4.69) is 27.4 Å². The number of nitrogens with zero attached hydrogens (tertiary/aromatic N) is 2. The van der Waals surface area contributed by atoms with Crippen LogP contribution in [0.5, 0.6) is 0 Å². The van der Waals surface area contributed by atoms with Crippen molar-refractivity contribution in [2.75, 3.05) is 53.6 Å². The van der Waals surface area contributed by atoms with Crippen molar-refractivity contribution in [2.45, 2.75) is 39.2 Å². The number of amides is 1. The van der Waals surface area contributed by atoms with E-state index in [0.717, 1.165) is 38.5 Å². The molecule has 1 fully saturated rings. The molecule has 7 nitrogen and oxygen atoms in total. The van der Waals surface area contributed by atoms with Gasteiger partial charge >= 0.3 is 0 Å². The van der Waals surface area contributed by atoms with E-state index >= 15 is 0 Å². The SMILES string of the molecule is CCC(C)NC(=O)CCNC(=NC)N1CCC(COCCOC)C1. The number of hydrogen-bond acceptors (Lipinski definition) is 4. The van der Waals surface area contributed by atoms with Crippen LogP contribution in [0.25, 0.3) is 0 Å². The lowest BCUT2D eigenvalue weighted by molar-refractivity contribution is -0.121. The zero-order chi connectivity index (χ0) is 17.8. The quantitative estimate of drug-likeness (QED) is 0.350. The van der Waals surface area contributed by atoms with Gasteiger partial charge in [0.2, 0.25) is 5.91 Å². The largest absolute Gasteiger partial charge is 0.382 e. The minimum Gasteiger partial charge on any atom is -0.382 e. The summed E-state index contributed by atoms with van der Waals surface area (Å²) in [5, 5.41) is 6.26. The fraction of sp³-hybridized carbons (Fsp3) is 0.882. The number of hydrogen-bond donors (Lipinski definition) is 2. The summed E-state index contributed by atoms with van der Waals surface area (Å²) in [6.07, 6.45) is 2.51. The lowest BCUT2D eigenvalue weighted by Crippen LogP contribution is -2.42. The fourth-order valence-electron chi connectivity index (χ4n) is 2.62. The molecule has 7 heteroatoms. The van der Waals surface area contributed by atoms with E-state index < -0.39 is 0 Å². The van der Waals surface area contributed by atoms with Crippen molar-refractivity contribution in [2.24, 2.45) is 10.9 Å². The minimum atomic E-state index is 0.0816. The third kappa shape index (κ3) is 7.97. The molecule has 0 spiro atoms. The lowest BCUT2D eigenvalue weighted by Gasteiger charge is -2.22. The molecule has 1 heterocycles. The van der Waals surface area contributed by atoms with Gasteiger partial charge in [-0.05, 0) is 19.8 Å². The average molecular weight is 342 g/mol. The molecular formula is C17H34N4O3. The molecule has 0 saturated carbocycles. The van der Waals surface area contributed by atoms with Gasteiger partial charge in [0.25, 0.3) is 0 Å². The Morgan fingerprint density at radius 2 is 2.21 bits per heavy atom. The zero-order valence-corrected chi connectivity index (χ0v) is 15.6. The number of ether oxygens (including phenoxy) is 2. The van der Waals surface area contributed by atoms with Crippen molar-refractivity contribution >= 4 is 11.9 Å². The first-order valence-electron chi connectivity index (χ1n) is 8.92. The van der Waals surface area contributed by atoms with Crippen LogP contribution in [0.1, 0.15) is 33.1 Å². The van der Waals surface area contributed by atoms with Crippen molar-refractivity contribution in [3.8, 4) is 0 Å². The van der Waals surface area contributed by atoms with Crippen LogP contribution >= 0.6 is 0 Å². The van der Waals surface area contributed by atoms with Gasteiger partial charge in [0.15, 0.2) is 5.96 Å². The molecule has 1 aliphatic heterocycles. The monoisotopic (exact) mass is 342 g/mol. The molecule has 0 aromatic rings. The van der Waals surface area contributed by atoms with Crippen LogP contribution in [-0.2, 0) is 14.3 Å². The maximum absolute atomic E-state index is 11.8. The van der Waals surface area contributed by atoms with Gasteiger partial charge in [-0.15, -0.1) is 0 Å². The van der Waals surface area contributed by atoms with Gasteiger partial charge in [-0.2, -0.15) is 0 Å². The number of carbonyl (C=O) groups is 1. The highest BCUT2D eigenvalue weighted by atomic mass is 16.5. The highest BCUT2D eigenvalue weighted by Crippen LogP contribution is 2.16. The van der Waals surface area contributed by atoms with Gasteiger partial charge < -0.3 is 25.0 Å². The smallest absolute Gasteiger partial charge is 0.221 e. The number of nitrogens with one attached hydrogen (secondary N) is 2. The molecular weight excluding hydrogens is 308 g/mol. The molecule has 1 aliphatic rings. The van der Waals surface area contributed by atoms with E-state index in [4.69, 9.17) is 9.47 Å². The van der Waals surface area contributed by atoms with Crippen molar-refractivity contribution in [3.05, 3.63) is 0 Å². The standard InChI is InChI=1S/C17H34N4O3/c1-5-14(2)20-16(22)6-8-19-17(18-3)21-9-7-15(12-21)13-24-11-10-23-4/h14-15H,5-13H2,1-4H3,(H,18,19)(H,20,22). The third-order valence-electron chi connectivity index (χ3n) is 4.24. The van der Waals surface area contributed by atoms with Crippen LogP contribution in [0.4, 0.5) is 0 Å². The Kier molecular flexibility index (Phi) is 10.4. The molecule has 2 atom stereocenters. The van der Waals surface area contributed by atoms with E-state index in [1.165, 1.54) is 0 Å². The van der Waals surface area contributed by atoms with Crippen molar-refractivity contribution in [1.82, 2.24) is 15.5 Å². The molecule has 2 unspecified atom stereocenters. The first kappa shape index (κ1) is 20.7. The van der Waals surface area contributed by atoms with E-state index in [0.29, 0.717) is 32.1 Å². The van der Waals surface area contributed by atoms with E-state index in [1.807, 2.05) is 6.92 Å². The van der Waals surface area contributed by atoms with Crippen LogP contribution in [-0.4, -0.2) is 76.4 Å². The fourth-order valence-corrected chi connectivity index (χ4v) is 2.62. The molecule has 0 aromatic carbocycles. The Morgan fingerprint density at radius 3 is 2.88 bits per heavy atom. The van der Waals surface area contributed by atoms with Crippen LogP contribution < -0.4 is 10.6 Å². The second-order valence-electron chi connectivity index (χ2n) is 6.27. The van der Waals surface area contributed by atoms with Crippen molar-refractivity contribution < 1.29 is 14.3 Å². The summed E-state index contributed by atoms with van der Waals surface area (Å²) in [7, 11) is 3.46. The molecule has 0 radical (unpaired) electrons. The highest BCUT2D eigenvalue weighted by molar-refractivity contribution is 5.81. The second kappa shape index (κ2) is 12.1. The highest BCUT2D eigenvalue weighted by Gasteiger charge is 2.24. The predicted molar refractivity (Wildman–Crippen MR) is 96.2 cm³/mol. The molecule has 24 heavy (non-hydrogen) atoms. The number of aliphatic imine (C=N–C) groups is 1. The van der Waals surface area contributed by atoms with Gasteiger partial charge in [-0.25, -0.2) is 0 Å². The molecule has 0 aliphatic carbocycles. The summed E-state index contributed by atoms with van der Waals surface area (Å²) in [4.78, 5) is 18.4. The maximum atomic E-state index is 11.8. The summed E-state index contributed by atoms with van der Waals surface area (Å²) in [6.45, 7) is 8.62.